The van der Waals surface area contributed by atoms with E-state index < -0.39 is 24.4 Å². The van der Waals surface area contributed by atoms with Crippen LogP contribution >= 0.6 is 11.6 Å². The van der Waals surface area contributed by atoms with E-state index in [1.165, 1.54) is 12.3 Å². The fourth-order valence-corrected chi connectivity index (χ4v) is 5.44. The summed E-state index contributed by atoms with van der Waals surface area (Å²) in [5, 5.41) is 13.9. The molecule has 0 radical (unpaired) electrons. The summed E-state index contributed by atoms with van der Waals surface area (Å²) >= 11 is 6.45. The molecule has 3 fully saturated rings. The van der Waals surface area contributed by atoms with Gasteiger partial charge in [-0.2, -0.15) is 0 Å². The lowest BCUT2D eigenvalue weighted by atomic mass is 10.0. The lowest BCUT2D eigenvalue weighted by molar-refractivity contribution is -0.156. The smallest absolute Gasteiger partial charge is 0.223 e. The maximum atomic E-state index is 15.4. The minimum atomic E-state index is -0.924. The normalized spacial score (nSPS) is 28.0. The number of aliphatic hydroxyl groups is 1. The van der Waals surface area contributed by atoms with Crippen LogP contribution in [0.3, 0.4) is 0 Å². The van der Waals surface area contributed by atoms with Crippen LogP contribution in [0.1, 0.15) is 32.7 Å². The molecule has 0 spiro atoms. The number of aliphatic hydroxyl groups excluding tert-OH is 1. The number of rotatable bonds is 5. The molecule has 36 heavy (non-hydrogen) atoms. The fraction of sp³-hybridized carbons (Fsp3) is 0.542. The number of ether oxygens (including phenoxy) is 2. The molecular weight excluding hydrogens is 494 g/mol. The van der Waals surface area contributed by atoms with E-state index in [0.29, 0.717) is 48.7 Å². The third kappa shape index (κ3) is 4.07. The zero-order valence-corrected chi connectivity index (χ0v) is 20.6. The zero-order chi connectivity index (χ0) is 25.1. The van der Waals surface area contributed by atoms with E-state index in [1.807, 2.05) is 23.3 Å². The summed E-state index contributed by atoms with van der Waals surface area (Å²) in [7, 11) is 0. The van der Waals surface area contributed by atoms with Crippen molar-refractivity contribution in [3.8, 4) is 11.3 Å². The first-order valence-electron chi connectivity index (χ1n) is 12.1. The molecule has 5 atom stereocenters. The van der Waals surface area contributed by atoms with Gasteiger partial charge in [0.1, 0.15) is 17.8 Å². The van der Waals surface area contributed by atoms with Crippen molar-refractivity contribution in [3.63, 3.8) is 0 Å². The predicted octanol–water partition coefficient (Wildman–Crippen LogP) is 3.70. The van der Waals surface area contributed by atoms with Gasteiger partial charge in [-0.3, -0.25) is 0 Å². The van der Waals surface area contributed by atoms with Crippen LogP contribution in [-0.2, 0) is 9.47 Å². The summed E-state index contributed by atoms with van der Waals surface area (Å²) in [6.45, 7) is 5.16. The van der Waals surface area contributed by atoms with Gasteiger partial charge in [-0.1, -0.05) is 11.6 Å². The van der Waals surface area contributed by atoms with Gasteiger partial charge >= 0.3 is 0 Å². The number of nitrogens with one attached hydrogen (secondary N) is 1. The van der Waals surface area contributed by atoms with Crippen LogP contribution in [-0.4, -0.2) is 75.0 Å². The maximum absolute atomic E-state index is 15.4. The van der Waals surface area contributed by atoms with Crippen molar-refractivity contribution in [2.45, 2.75) is 63.4 Å². The molecule has 2 N–H and O–H groups in total. The number of alkyl halides is 1. The van der Waals surface area contributed by atoms with Gasteiger partial charge in [0, 0.05) is 18.2 Å². The Morgan fingerprint density at radius 3 is 2.86 bits per heavy atom. The van der Waals surface area contributed by atoms with Crippen LogP contribution in [0.4, 0.5) is 20.7 Å². The fourth-order valence-electron chi connectivity index (χ4n) is 5.24. The molecule has 2 aromatic heterocycles. The summed E-state index contributed by atoms with van der Waals surface area (Å²) in [6.07, 6.45) is -0.183. The maximum Gasteiger partial charge on any atom is 0.223 e. The van der Waals surface area contributed by atoms with Crippen molar-refractivity contribution in [2.75, 3.05) is 29.9 Å². The summed E-state index contributed by atoms with van der Waals surface area (Å²) in [4.78, 5) is 15.2. The van der Waals surface area contributed by atoms with Crippen LogP contribution in [0.5, 0.6) is 0 Å². The zero-order valence-electron chi connectivity index (χ0n) is 19.9. The van der Waals surface area contributed by atoms with Crippen molar-refractivity contribution in [1.29, 1.82) is 0 Å². The lowest BCUT2D eigenvalue weighted by Crippen LogP contribution is -2.48. The van der Waals surface area contributed by atoms with Gasteiger partial charge in [0.05, 0.1) is 47.7 Å². The number of benzene rings is 1. The summed E-state index contributed by atoms with van der Waals surface area (Å²) < 4.78 is 42.2. The predicted molar refractivity (Wildman–Crippen MR) is 130 cm³/mol. The molecule has 9 nitrogen and oxygen atoms in total. The van der Waals surface area contributed by atoms with Crippen molar-refractivity contribution in [2.24, 2.45) is 0 Å². The summed E-state index contributed by atoms with van der Waals surface area (Å²) in [6, 6.07) is 2.74. The van der Waals surface area contributed by atoms with Crippen LogP contribution in [0.25, 0.3) is 22.3 Å². The van der Waals surface area contributed by atoms with E-state index in [-0.39, 0.29) is 41.2 Å². The van der Waals surface area contributed by atoms with Crippen molar-refractivity contribution in [1.82, 2.24) is 19.5 Å². The highest BCUT2D eigenvalue weighted by Gasteiger charge is 2.43. The molecule has 0 aliphatic carbocycles. The average Bonchev–Trinajstić information content (AvgIpc) is 3.55. The first-order chi connectivity index (χ1) is 17.3. The Kier molecular flexibility index (Phi) is 5.98. The number of fused-ring (bicyclic) bond motifs is 3. The summed E-state index contributed by atoms with van der Waals surface area (Å²) in [5.74, 6) is 0.291. The quantitative estimate of drug-likeness (QED) is 0.525. The van der Waals surface area contributed by atoms with E-state index in [4.69, 9.17) is 21.1 Å². The van der Waals surface area contributed by atoms with Crippen LogP contribution in [0.15, 0.2) is 18.3 Å². The molecule has 192 valence electrons. The van der Waals surface area contributed by atoms with Crippen LogP contribution < -0.4 is 10.2 Å². The Bertz CT molecular complexity index is 1310. The second-order valence-corrected chi connectivity index (χ2v) is 10.3. The van der Waals surface area contributed by atoms with E-state index in [9.17, 15) is 9.50 Å². The minimum absolute atomic E-state index is 0.0380. The molecule has 0 unspecified atom stereocenters. The highest BCUT2D eigenvalue weighted by atomic mass is 35.5. The van der Waals surface area contributed by atoms with Gasteiger partial charge in [-0.05, 0) is 38.8 Å². The Morgan fingerprint density at radius 2 is 2.11 bits per heavy atom. The molecule has 1 aromatic carbocycles. The van der Waals surface area contributed by atoms with Crippen molar-refractivity contribution >= 4 is 34.5 Å². The van der Waals surface area contributed by atoms with Crippen molar-refractivity contribution in [3.05, 3.63) is 29.2 Å². The molecule has 3 aliphatic rings. The van der Waals surface area contributed by atoms with E-state index in [1.54, 1.807) is 6.07 Å². The van der Waals surface area contributed by atoms with Gasteiger partial charge in [0.2, 0.25) is 11.9 Å². The Morgan fingerprint density at radius 1 is 1.28 bits per heavy atom. The van der Waals surface area contributed by atoms with Gasteiger partial charge in [0.15, 0.2) is 12.1 Å². The molecular formula is C24H27ClF2N6O3. The Labute approximate surface area is 211 Å². The van der Waals surface area contributed by atoms with Gasteiger partial charge in [-0.15, -0.1) is 0 Å². The number of imidazole rings is 1. The molecule has 3 aliphatic heterocycles. The largest absolute Gasteiger partial charge is 0.386 e. The third-order valence-corrected chi connectivity index (χ3v) is 7.25. The van der Waals surface area contributed by atoms with Crippen LogP contribution in [0.2, 0.25) is 5.02 Å². The number of aromatic nitrogens is 4. The van der Waals surface area contributed by atoms with Gasteiger partial charge in [-0.25, -0.2) is 23.7 Å². The average molecular weight is 521 g/mol. The number of nitrogens with zero attached hydrogens (tertiary/aromatic N) is 5. The highest BCUT2D eigenvalue weighted by Crippen LogP contribution is 2.36. The monoisotopic (exact) mass is 520 g/mol. The molecule has 0 saturated carbocycles. The number of halogens is 3. The lowest BCUT2D eigenvalue weighted by Gasteiger charge is -2.32. The van der Waals surface area contributed by atoms with E-state index >= 15 is 4.39 Å². The molecule has 3 saturated heterocycles. The molecule has 6 rings (SSSR count). The Balaban J connectivity index is 1.37. The number of hydrogen-bond donors (Lipinski definition) is 2. The van der Waals surface area contributed by atoms with Gasteiger partial charge < -0.3 is 29.4 Å². The first-order valence-corrected chi connectivity index (χ1v) is 12.5. The number of anilines is 2. The molecule has 3 aromatic rings. The topological polar surface area (TPSA) is 97.6 Å². The molecule has 2 bridgehead atoms. The minimum Gasteiger partial charge on any atom is -0.386 e. The first kappa shape index (κ1) is 23.8. The van der Waals surface area contributed by atoms with Crippen LogP contribution in [0, 0.1) is 5.82 Å². The van der Waals surface area contributed by atoms with E-state index in [0.717, 1.165) is 0 Å². The summed E-state index contributed by atoms with van der Waals surface area (Å²) in [5.41, 5.74) is 1.60. The second-order valence-electron chi connectivity index (χ2n) is 9.86. The molecule has 0 amide bonds. The highest BCUT2D eigenvalue weighted by molar-refractivity contribution is 6.33. The SMILES string of the molecule is CC(C)n1c(N2CC[C@@H](F)C2)nc2c(F)cc(-c3nc(N[C@@H]4C[C@H]5CO[C@H](O5)[C@H]4O)ncc3Cl)cc21. The standard InChI is InChI=1S/C24H27ClF2N6O3/c1-11(2)33-18-6-12(5-16(27)20(18)31-24(33)32-4-3-13(26)9-32)19-15(25)8-28-23(30-19)29-17-7-14-10-35-22(36-14)21(17)34/h5-6,8,11,13-14,17,21-22,34H,3-4,7,9-10H2,1-2H3,(H,28,29,30)/t13-,14+,17-,21+,22-/m1/s1. The molecule has 5 heterocycles. The number of hydrogen-bond acceptors (Lipinski definition) is 8. The molecule has 12 heteroatoms. The Hall–Kier alpha value is -2.60. The second kappa shape index (κ2) is 9.05. The van der Waals surface area contributed by atoms with Gasteiger partial charge in [0.25, 0.3) is 0 Å². The van der Waals surface area contributed by atoms with Crippen molar-refractivity contribution < 1.29 is 23.4 Å². The third-order valence-electron chi connectivity index (χ3n) is 6.97. The van der Waals surface area contributed by atoms with E-state index in [2.05, 4.69) is 20.3 Å².